The van der Waals surface area contributed by atoms with Crippen LogP contribution in [0.5, 0.6) is 0 Å². The van der Waals surface area contributed by atoms with Gasteiger partial charge >= 0.3 is 0 Å². The molecule has 0 spiro atoms. The molecule has 1 heterocycles. The molecule has 2 amide bonds. The van der Waals surface area contributed by atoms with Gasteiger partial charge in [0.1, 0.15) is 0 Å². The quantitative estimate of drug-likeness (QED) is 0.818. The molecule has 0 aliphatic carbocycles. The normalized spacial score (nSPS) is 17.0. The predicted molar refractivity (Wildman–Crippen MR) is 112 cm³/mol. The first kappa shape index (κ1) is 20.1. The van der Waals surface area contributed by atoms with Crippen molar-refractivity contribution in [2.45, 2.75) is 51.0 Å². The molecule has 28 heavy (non-hydrogen) atoms. The van der Waals surface area contributed by atoms with Crippen molar-refractivity contribution in [1.82, 2.24) is 10.2 Å². The monoisotopic (exact) mass is 378 g/mol. The third-order valence-electron chi connectivity index (χ3n) is 5.94. The summed E-state index contributed by atoms with van der Waals surface area (Å²) in [6.07, 6.45) is 2.61. The van der Waals surface area contributed by atoms with E-state index in [0.29, 0.717) is 25.9 Å². The summed E-state index contributed by atoms with van der Waals surface area (Å²) in [5.74, 6) is 0.263. The number of likely N-dealkylation sites (tertiary alicyclic amines) is 1. The number of hydrogen-bond acceptors (Lipinski definition) is 2. The summed E-state index contributed by atoms with van der Waals surface area (Å²) in [5.41, 5.74) is 2.08. The number of piperidine rings is 1. The molecule has 4 heteroatoms. The van der Waals surface area contributed by atoms with Gasteiger partial charge < -0.3 is 10.2 Å². The predicted octanol–water partition coefficient (Wildman–Crippen LogP) is 4.22. The maximum atomic E-state index is 13.0. The van der Waals surface area contributed by atoms with Gasteiger partial charge in [-0.3, -0.25) is 9.59 Å². The second-order valence-corrected chi connectivity index (χ2v) is 7.76. The zero-order chi connectivity index (χ0) is 20.0. The third-order valence-corrected chi connectivity index (χ3v) is 5.94. The van der Waals surface area contributed by atoms with Gasteiger partial charge in [0.05, 0.1) is 6.04 Å². The van der Waals surface area contributed by atoms with Crippen LogP contribution in [0.25, 0.3) is 0 Å². The van der Waals surface area contributed by atoms with Crippen molar-refractivity contribution >= 4 is 11.8 Å². The van der Waals surface area contributed by atoms with Crippen molar-refractivity contribution in [3.05, 3.63) is 71.8 Å². The van der Waals surface area contributed by atoms with Crippen LogP contribution in [0.1, 0.15) is 56.7 Å². The minimum absolute atomic E-state index is 0.0247. The molecular weight excluding hydrogens is 348 g/mol. The van der Waals surface area contributed by atoms with Crippen LogP contribution in [0.15, 0.2) is 60.7 Å². The fourth-order valence-corrected chi connectivity index (χ4v) is 4.19. The van der Waals surface area contributed by atoms with Crippen LogP contribution >= 0.6 is 0 Å². The van der Waals surface area contributed by atoms with Gasteiger partial charge in [0.2, 0.25) is 11.8 Å². The van der Waals surface area contributed by atoms with Gasteiger partial charge in [-0.2, -0.15) is 0 Å². The average molecular weight is 379 g/mol. The second-order valence-electron chi connectivity index (χ2n) is 7.76. The molecule has 0 saturated carbocycles. The van der Waals surface area contributed by atoms with E-state index in [0.717, 1.165) is 18.4 Å². The van der Waals surface area contributed by atoms with E-state index in [1.807, 2.05) is 67.3 Å². The zero-order valence-corrected chi connectivity index (χ0v) is 16.9. The molecule has 1 aliphatic rings. The maximum Gasteiger partial charge on any atom is 0.222 e. The fraction of sp³-hybridized carbons (Fsp3) is 0.417. The Hall–Kier alpha value is -2.62. The molecule has 4 nitrogen and oxygen atoms in total. The van der Waals surface area contributed by atoms with Crippen LogP contribution in [0.3, 0.4) is 0 Å². The molecule has 3 rings (SSSR count). The molecule has 1 saturated heterocycles. The van der Waals surface area contributed by atoms with E-state index in [9.17, 15) is 9.59 Å². The van der Waals surface area contributed by atoms with Gasteiger partial charge in [-0.25, -0.2) is 0 Å². The molecule has 148 valence electrons. The van der Waals surface area contributed by atoms with E-state index in [1.54, 1.807) is 0 Å². The van der Waals surface area contributed by atoms with Gasteiger partial charge in [-0.15, -0.1) is 0 Å². The lowest BCUT2D eigenvalue weighted by atomic mass is 9.70. The SMILES string of the molecule is CCC(=O)N1CCC(CC(=O)NC(C)c2ccccc2)(c2ccccc2)CC1. The molecule has 2 aromatic carbocycles. The Morgan fingerprint density at radius 2 is 1.57 bits per heavy atom. The number of nitrogens with one attached hydrogen (secondary N) is 1. The highest BCUT2D eigenvalue weighted by molar-refractivity contribution is 5.79. The zero-order valence-electron chi connectivity index (χ0n) is 16.9. The van der Waals surface area contributed by atoms with Crippen LogP contribution in [-0.4, -0.2) is 29.8 Å². The highest BCUT2D eigenvalue weighted by Crippen LogP contribution is 2.39. The Balaban J connectivity index is 1.73. The summed E-state index contributed by atoms with van der Waals surface area (Å²) >= 11 is 0. The maximum absolute atomic E-state index is 13.0. The largest absolute Gasteiger partial charge is 0.350 e. The van der Waals surface area contributed by atoms with Crippen LogP contribution < -0.4 is 5.32 Å². The molecule has 0 radical (unpaired) electrons. The molecule has 2 aromatic rings. The molecule has 1 unspecified atom stereocenters. The number of nitrogens with zero attached hydrogens (tertiary/aromatic N) is 1. The lowest BCUT2D eigenvalue weighted by molar-refractivity contribution is -0.132. The first-order valence-electron chi connectivity index (χ1n) is 10.2. The summed E-state index contributed by atoms with van der Waals surface area (Å²) in [6, 6.07) is 20.3. The topological polar surface area (TPSA) is 49.4 Å². The molecule has 0 aromatic heterocycles. The van der Waals surface area contributed by atoms with Crippen molar-refractivity contribution in [2.75, 3.05) is 13.1 Å². The minimum Gasteiger partial charge on any atom is -0.350 e. The Morgan fingerprint density at radius 1 is 1.00 bits per heavy atom. The summed E-state index contributed by atoms with van der Waals surface area (Å²) in [4.78, 5) is 27.0. The van der Waals surface area contributed by atoms with Crippen LogP contribution in [0.4, 0.5) is 0 Å². The number of carbonyl (C=O) groups is 2. The van der Waals surface area contributed by atoms with Gasteiger partial charge in [0.15, 0.2) is 0 Å². The van der Waals surface area contributed by atoms with E-state index in [-0.39, 0.29) is 23.3 Å². The van der Waals surface area contributed by atoms with E-state index in [4.69, 9.17) is 0 Å². The molecule has 1 atom stereocenters. The Bertz CT molecular complexity index is 781. The number of hydrogen-bond donors (Lipinski definition) is 1. The molecule has 1 N–H and O–H groups in total. The number of amides is 2. The van der Waals surface area contributed by atoms with Gasteiger partial charge in [-0.1, -0.05) is 67.6 Å². The minimum atomic E-state index is -0.216. The van der Waals surface area contributed by atoms with Gasteiger partial charge in [0, 0.05) is 31.3 Å². The Morgan fingerprint density at radius 3 is 2.14 bits per heavy atom. The fourth-order valence-electron chi connectivity index (χ4n) is 4.19. The second kappa shape index (κ2) is 9.05. The van der Waals surface area contributed by atoms with Crippen molar-refractivity contribution < 1.29 is 9.59 Å². The third kappa shape index (κ3) is 4.61. The van der Waals surface area contributed by atoms with Crippen LogP contribution in [0, 0.1) is 0 Å². The number of carbonyl (C=O) groups excluding carboxylic acids is 2. The average Bonchev–Trinajstić information content (AvgIpc) is 2.75. The van der Waals surface area contributed by atoms with E-state index < -0.39 is 0 Å². The number of benzene rings is 2. The lowest BCUT2D eigenvalue weighted by Gasteiger charge is -2.42. The van der Waals surface area contributed by atoms with Crippen LogP contribution in [0.2, 0.25) is 0 Å². The van der Waals surface area contributed by atoms with Crippen molar-refractivity contribution in [2.24, 2.45) is 0 Å². The summed E-state index contributed by atoms with van der Waals surface area (Å²) < 4.78 is 0. The van der Waals surface area contributed by atoms with E-state index in [1.165, 1.54) is 5.56 Å². The molecule has 1 fully saturated rings. The first-order chi connectivity index (χ1) is 13.5. The van der Waals surface area contributed by atoms with Crippen LogP contribution in [-0.2, 0) is 15.0 Å². The molecule has 1 aliphatic heterocycles. The van der Waals surface area contributed by atoms with Crippen molar-refractivity contribution in [3.63, 3.8) is 0 Å². The van der Waals surface area contributed by atoms with E-state index >= 15 is 0 Å². The first-order valence-corrected chi connectivity index (χ1v) is 10.2. The van der Waals surface area contributed by atoms with Crippen molar-refractivity contribution in [1.29, 1.82) is 0 Å². The highest BCUT2D eigenvalue weighted by atomic mass is 16.2. The van der Waals surface area contributed by atoms with Crippen molar-refractivity contribution in [3.8, 4) is 0 Å². The smallest absolute Gasteiger partial charge is 0.222 e. The Labute approximate surface area is 167 Å². The lowest BCUT2D eigenvalue weighted by Crippen LogP contribution is -2.47. The summed E-state index contributed by atoms with van der Waals surface area (Å²) in [7, 11) is 0. The Kier molecular flexibility index (Phi) is 6.50. The summed E-state index contributed by atoms with van der Waals surface area (Å²) in [6.45, 7) is 5.34. The highest BCUT2D eigenvalue weighted by Gasteiger charge is 2.39. The summed E-state index contributed by atoms with van der Waals surface area (Å²) in [5, 5.41) is 3.16. The van der Waals surface area contributed by atoms with Gasteiger partial charge in [0.25, 0.3) is 0 Å². The van der Waals surface area contributed by atoms with Gasteiger partial charge in [-0.05, 0) is 30.9 Å². The molecular formula is C24H30N2O2. The number of rotatable bonds is 6. The standard InChI is InChI=1S/C24H30N2O2/c1-3-23(28)26-16-14-24(15-17-26,21-12-8-5-9-13-21)18-22(27)25-19(2)20-10-6-4-7-11-20/h4-13,19H,3,14-18H2,1-2H3,(H,25,27). The molecule has 0 bridgehead atoms. The van der Waals surface area contributed by atoms with E-state index in [2.05, 4.69) is 17.4 Å².